The average Bonchev–Trinajstić information content (AvgIpc) is 2.63. The van der Waals surface area contributed by atoms with Gasteiger partial charge in [-0.15, -0.1) is 0 Å². The Balaban J connectivity index is 2.03. The molecule has 0 radical (unpaired) electrons. The van der Waals surface area contributed by atoms with Crippen LogP contribution in [0.3, 0.4) is 0 Å². The van der Waals surface area contributed by atoms with Crippen LogP contribution in [0.4, 0.5) is 11.4 Å². The SMILES string of the molecule is CCN(c1ccc(NC(=O)CC(NC(C)=O)c2ccccc2)cc1)C(C)C. The van der Waals surface area contributed by atoms with Gasteiger partial charge in [-0.25, -0.2) is 0 Å². The van der Waals surface area contributed by atoms with Crippen LogP contribution >= 0.6 is 0 Å². The number of carbonyl (C=O) groups is 2. The van der Waals surface area contributed by atoms with E-state index < -0.39 is 0 Å². The third-order valence-corrected chi connectivity index (χ3v) is 4.42. The lowest BCUT2D eigenvalue weighted by molar-refractivity contribution is -0.120. The van der Waals surface area contributed by atoms with Crippen molar-refractivity contribution in [1.29, 1.82) is 0 Å². The zero-order valence-electron chi connectivity index (χ0n) is 16.5. The Kier molecular flexibility index (Phi) is 7.41. The second kappa shape index (κ2) is 9.76. The number of carbonyl (C=O) groups excluding carboxylic acids is 2. The van der Waals surface area contributed by atoms with Crippen molar-refractivity contribution in [1.82, 2.24) is 5.32 Å². The van der Waals surface area contributed by atoms with E-state index in [1.54, 1.807) is 0 Å². The number of nitrogens with one attached hydrogen (secondary N) is 2. The van der Waals surface area contributed by atoms with Crippen molar-refractivity contribution >= 4 is 23.2 Å². The fourth-order valence-corrected chi connectivity index (χ4v) is 3.16. The fraction of sp³-hybridized carbons (Fsp3) is 0.364. The predicted octanol–water partition coefficient (Wildman–Crippen LogP) is 4.13. The maximum atomic E-state index is 12.5. The van der Waals surface area contributed by atoms with E-state index in [4.69, 9.17) is 0 Å². The molecule has 2 amide bonds. The molecule has 0 aromatic heterocycles. The third-order valence-electron chi connectivity index (χ3n) is 4.42. The molecule has 5 nitrogen and oxygen atoms in total. The van der Waals surface area contributed by atoms with Crippen LogP contribution in [-0.4, -0.2) is 24.4 Å². The molecule has 5 heteroatoms. The van der Waals surface area contributed by atoms with Gasteiger partial charge < -0.3 is 15.5 Å². The van der Waals surface area contributed by atoms with Crippen LogP contribution in [0.2, 0.25) is 0 Å². The second-order valence-corrected chi connectivity index (χ2v) is 6.84. The van der Waals surface area contributed by atoms with E-state index in [1.807, 2.05) is 54.6 Å². The third kappa shape index (κ3) is 6.13. The minimum atomic E-state index is -0.348. The Labute approximate surface area is 161 Å². The lowest BCUT2D eigenvalue weighted by Gasteiger charge is -2.27. The molecule has 1 unspecified atom stereocenters. The summed E-state index contributed by atoms with van der Waals surface area (Å²) in [5, 5.41) is 5.77. The number of nitrogens with zero attached hydrogens (tertiary/aromatic N) is 1. The van der Waals surface area contributed by atoms with Crippen molar-refractivity contribution in [2.45, 2.75) is 46.2 Å². The van der Waals surface area contributed by atoms with Crippen LogP contribution in [0.1, 0.15) is 45.7 Å². The number of rotatable bonds is 8. The van der Waals surface area contributed by atoms with E-state index in [-0.39, 0.29) is 24.3 Å². The minimum absolute atomic E-state index is 0.137. The first kappa shape index (κ1) is 20.5. The Hall–Kier alpha value is -2.82. The standard InChI is InChI=1S/C22H29N3O2/c1-5-25(16(2)3)20-13-11-19(12-14-20)24-22(27)15-21(23-17(4)26)18-9-7-6-8-10-18/h6-14,16,21H,5,15H2,1-4H3,(H,23,26)(H,24,27). The van der Waals surface area contributed by atoms with Crippen molar-refractivity contribution < 1.29 is 9.59 Å². The van der Waals surface area contributed by atoms with Crippen molar-refractivity contribution in [3.63, 3.8) is 0 Å². The molecule has 1 atom stereocenters. The van der Waals surface area contributed by atoms with Crippen LogP contribution in [0.5, 0.6) is 0 Å². The molecule has 2 aromatic rings. The van der Waals surface area contributed by atoms with Crippen LogP contribution in [-0.2, 0) is 9.59 Å². The first-order valence-electron chi connectivity index (χ1n) is 9.39. The van der Waals surface area contributed by atoms with Gasteiger partial charge in [0.05, 0.1) is 12.5 Å². The Morgan fingerprint density at radius 2 is 1.63 bits per heavy atom. The average molecular weight is 367 g/mol. The maximum absolute atomic E-state index is 12.5. The highest BCUT2D eigenvalue weighted by atomic mass is 16.2. The summed E-state index contributed by atoms with van der Waals surface area (Å²) >= 11 is 0. The first-order chi connectivity index (χ1) is 12.9. The second-order valence-electron chi connectivity index (χ2n) is 6.84. The molecule has 0 spiro atoms. The Bertz CT molecular complexity index is 742. The smallest absolute Gasteiger partial charge is 0.226 e. The molecular formula is C22H29N3O2. The van der Waals surface area contributed by atoms with Gasteiger partial charge in [0.2, 0.25) is 11.8 Å². The summed E-state index contributed by atoms with van der Waals surface area (Å²) in [5.41, 5.74) is 2.79. The van der Waals surface area contributed by atoms with Gasteiger partial charge in [-0.3, -0.25) is 9.59 Å². The van der Waals surface area contributed by atoms with E-state index in [9.17, 15) is 9.59 Å². The predicted molar refractivity (Wildman–Crippen MR) is 111 cm³/mol. The molecule has 0 bridgehead atoms. The van der Waals surface area contributed by atoms with E-state index >= 15 is 0 Å². The van der Waals surface area contributed by atoms with Gasteiger partial charge in [0, 0.05) is 30.9 Å². The highest BCUT2D eigenvalue weighted by Gasteiger charge is 2.17. The zero-order valence-corrected chi connectivity index (χ0v) is 16.5. The summed E-state index contributed by atoms with van der Waals surface area (Å²) in [6.45, 7) is 8.83. The lowest BCUT2D eigenvalue weighted by Crippen LogP contribution is -2.30. The number of hydrogen-bond acceptors (Lipinski definition) is 3. The summed E-state index contributed by atoms with van der Waals surface area (Å²) in [6, 6.07) is 17.4. The molecule has 27 heavy (non-hydrogen) atoms. The first-order valence-corrected chi connectivity index (χ1v) is 9.39. The monoisotopic (exact) mass is 367 g/mol. The van der Waals surface area contributed by atoms with Crippen LogP contribution < -0.4 is 15.5 Å². The van der Waals surface area contributed by atoms with Gasteiger partial charge in [0.15, 0.2) is 0 Å². The van der Waals surface area contributed by atoms with Crippen molar-refractivity contribution in [2.24, 2.45) is 0 Å². The van der Waals surface area contributed by atoms with Crippen LogP contribution in [0, 0.1) is 0 Å². The lowest BCUT2D eigenvalue weighted by atomic mass is 10.0. The molecule has 0 aliphatic heterocycles. The maximum Gasteiger partial charge on any atom is 0.226 e. The summed E-state index contributed by atoms with van der Waals surface area (Å²) < 4.78 is 0. The normalized spacial score (nSPS) is 11.7. The number of amides is 2. The van der Waals surface area contributed by atoms with Gasteiger partial charge in [-0.2, -0.15) is 0 Å². The molecule has 0 fully saturated rings. The van der Waals surface area contributed by atoms with Gasteiger partial charge in [-0.1, -0.05) is 30.3 Å². The van der Waals surface area contributed by atoms with Gasteiger partial charge in [0.1, 0.15) is 0 Å². The van der Waals surface area contributed by atoms with Crippen molar-refractivity contribution in [3.8, 4) is 0 Å². The molecule has 0 heterocycles. The fourth-order valence-electron chi connectivity index (χ4n) is 3.16. The van der Waals surface area contributed by atoms with Crippen molar-refractivity contribution in [3.05, 3.63) is 60.2 Å². The molecule has 2 aromatic carbocycles. The number of hydrogen-bond donors (Lipinski definition) is 2. The van der Waals surface area contributed by atoms with Gasteiger partial charge in [-0.05, 0) is 50.6 Å². The highest BCUT2D eigenvalue weighted by Crippen LogP contribution is 2.21. The molecule has 2 N–H and O–H groups in total. The van der Waals surface area contributed by atoms with Gasteiger partial charge in [0.25, 0.3) is 0 Å². The zero-order chi connectivity index (χ0) is 19.8. The molecule has 0 aliphatic carbocycles. The molecule has 0 saturated heterocycles. The quantitative estimate of drug-likeness (QED) is 0.737. The Morgan fingerprint density at radius 3 is 2.15 bits per heavy atom. The number of anilines is 2. The van der Waals surface area contributed by atoms with E-state index in [1.165, 1.54) is 6.92 Å². The van der Waals surface area contributed by atoms with Crippen LogP contribution in [0.25, 0.3) is 0 Å². The Morgan fingerprint density at radius 1 is 1.00 bits per heavy atom. The largest absolute Gasteiger partial charge is 0.369 e. The molecular weight excluding hydrogens is 338 g/mol. The van der Waals surface area contributed by atoms with E-state index in [2.05, 4.69) is 36.3 Å². The number of benzene rings is 2. The molecule has 0 saturated carbocycles. The molecule has 144 valence electrons. The summed E-state index contributed by atoms with van der Waals surface area (Å²) in [5.74, 6) is -0.295. The van der Waals surface area contributed by atoms with E-state index in [0.29, 0.717) is 6.04 Å². The summed E-state index contributed by atoms with van der Waals surface area (Å²) in [7, 11) is 0. The van der Waals surface area contributed by atoms with Crippen LogP contribution in [0.15, 0.2) is 54.6 Å². The van der Waals surface area contributed by atoms with E-state index in [0.717, 1.165) is 23.5 Å². The molecule has 2 rings (SSSR count). The highest BCUT2D eigenvalue weighted by molar-refractivity contribution is 5.91. The minimum Gasteiger partial charge on any atom is -0.369 e. The van der Waals surface area contributed by atoms with Gasteiger partial charge >= 0.3 is 0 Å². The summed E-state index contributed by atoms with van der Waals surface area (Å²) in [4.78, 5) is 26.3. The summed E-state index contributed by atoms with van der Waals surface area (Å²) in [6.07, 6.45) is 0.179. The molecule has 0 aliphatic rings. The van der Waals surface area contributed by atoms with Crippen molar-refractivity contribution in [2.75, 3.05) is 16.8 Å². The topological polar surface area (TPSA) is 61.4 Å².